The molecule has 1 amide bonds. The van der Waals surface area contributed by atoms with Crippen LogP contribution in [0.25, 0.3) is 0 Å². The molecule has 3 nitrogen and oxygen atoms in total. The number of para-hydroxylation sites is 1. The van der Waals surface area contributed by atoms with Gasteiger partial charge in [0.05, 0.1) is 6.04 Å². The van der Waals surface area contributed by atoms with Crippen LogP contribution in [0.4, 0.5) is 5.69 Å². The highest BCUT2D eigenvalue weighted by molar-refractivity contribution is 5.96. The molecule has 1 aromatic carbocycles. The van der Waals surface area contributed by atoms with Gasteiger partial charge in [0.2, 0.25) is 5.91 Å². The lowest BCUT2D eigenvalue weighted by molar-refractivity contribution is -0.117. The molecule has 1 fully saturated rings. The molecule has 0 radical (unpaired) electrons. The van der Waals surface area contributed by atoms with Crippen LogP contribution >= 0.6 is 0 Å². The highest BCUT2D eigenvalue weighted by Gasteiger charge is 2.26. The Balaban J connectivity index is 2.10. The van der Waals surface area contributed by atoms with Gasteiger partial charge in [0.25, 0.3) is 0 Å². The minimum atomic E-state index is -0.132. The number of carbonyl (C=O) groups is 1. The summed E-state index contributed by atoms with van der Waals surface area (Å²) in [6, 6.07) is 6.59. The van der Waals surface area contributed by atoms with Crippen molar-refractivity contribution in [3.8, 4) is 0 Å². The summed E-state index contributed by atoms with van der Waals surface area (Å²) in [5.74, 6) is 0.463. The number of hydrogen-bond acceptors (Lipinski definition) is 2. The zero-order valence-electron chi connectivity index (χ0n) is 12.3. The maximum atomic E-state index is 12.2. The molecule has 0 heterocycles. The van der Waals surface area contributed by atoms with Crippen molar-refractivity contribution in [2.45, 2.75) is 58.5 Å². The fraction of sp³-hybridized carbons (Fsp3) is 0.562. The van der Waals surface area contributed by atoms with Crippen molar-refractivity contribution >= 4 is 11.6 Å². The van der Waals surface area contributed by atoms with E-state index >= 15 is 0 Å². The van der Waals surface area contributed by atoms with Gasteiger partial charge in [0.15, 0.2) is 0 Å². The van der Waals surface area contributed by atoms with Gasteiger partial charge in [-0.25, -0.2) is 0 Å². The van der Waals surface area contributed by atoms with Crippen LogP contribution in [0.5, 0.6) is 0 Å². The van der Waals surface area contributed by atoms with Crippen LogP contribution in [0.15, 0.2) is 18.2 Å². The first-order chi connectivity index (χ1) is 8.99. The molecule has 104 valence electrons. The molecule has 0 bridgehead atoms. The molecule has 0 spiro atoms. The fourth-order valence-electron chi connectivity index (χ4n) is 2.25. The van der Waals surface area contributed by atoms with Crippen LogP contribution in [0, 0.1) is 6.92 Å². The molecule has 2 rings (SSSR count). The predicted octanol–water partition coefficient (Wildman–Crippen LogP) is 3.20. The lowest BCUT2D eigenvalue weighted by Gasteiger charge is -2.19. The highest BCUT2D eigenvalue weighted by atomic mass is 16.2. The lowest BCUT2D eigenvalue weighted by Crippen LogP contribution is -2.39. The van der Waals surface area contributed by atoms with E-state index in [0.717, 1.165) is 11.3 Å². The first-order valence-corrected chi connectivity index (χ1v) is 7.15. The summed E-state index contributed by atoms with van der Waals surface area (Å²) in [4.78, 5) is 12.2. The van der Waals surface area contributed by atoms with E-state index in [2.05, 4.69) is 30.5 Å². The number of carbonyl (C=O) groups excluding carboxylic acids is 1. The second-order valence-corrected chi connectivity index (χ2v) is 5.85. The van der Waals surface area contributed by atoms with Crippen LogP contribution in [0.3, 0.4) is 0 Å². The third-order valence-corrected chi connectivity index (χ3v) is 3.63. The Morgan fingerprint density at radius 1 is 1.26 bits per heavy atom. The van der Waals surface area contributed by atoms with Gasteiger partial charge in [0.1, 0.15) is 0 Å². The van der Waals surface area contributed by atoms with Gasteiger partial charge < -0.3 is 10.6 Å². The predicted molar refractivity (Wildman–Crippen MR) is 79.5 cm³/mol. The van der Waals surface area contributed by atoms with Gasteiger partial charge in [0, 0.05) is 11.7 Å². The standard InChI is InChI=1S/C16H24N2O/c1-10(2)14-7-5-6-11(3)15(14)18-16(19)12(4)17-13-8-9-13/h5-7,10,12-13,17H,8-9H2,1-4H3,(H,18,19). The molecule has 0 saturated heterocycles. The third kappa shape index (κ3) is 3.57. The number of anilines is 1. The summed E-state index contributed by atoms with van der Waals surface area (Å²) in [6.07, 6.45) is 2.39. The second kappa shape index (κ2) is 5.74. The molecule has 3 heteroatoms. The van der Waals surface area contributed by atoms with Gasteiger partial charge in [-0.2, -0.15) is 0 Å². The van der Waals surface area contributed by atoms with Crippen molar-refractivity contribution in [1.82, 2.24) is 5.32 Å². The largest absolute Gasteiger partial charge is 0.324 e. The lowest BCUT2D eigenvalue weighted by atomic mass is 9.98. The fourth-order valence-corrected chi connectivity index (χ4v) is 2.25. The van der Waals surface area contributed by atoms with E-state index in [0.29, 0.717) is 12.0 Å². The summed E-state index contributed by atoms with van der Waals surface area (Å²) < 4.78 is 0. The Hall–Kier alpha value is -1.35. The summed E-state index contributed by atoms with van der Waals surface area (Å²) in [6.45, 7) is 8.27. The van der Waals surface area contributed by atoms with Crippen LogP contribution in [0.1, 0.15) is 50.7 Å². The third-order valence-electron chi connectivity index (χ3n) is 3.63. The van der Waals surface area contributed by atoms with E-state index < -0.39 is 0 Å². The zero-order valence-corrected chi connectivity index (χ0v) is 12.3. The smallest absolute Gasteiger partial charge is 0.241 e. The Kier molecular flexibility index (Phi) is 4.25. The first-order valence-electron chi connectivity index (χ1n) is 7.15. The number of nitrogens with one attached hydrogen (secondary N) is 2. The Bertz CT molecular complexity index is 464. The molecule has 1 saturated carbocycles. The summed E-state index contributed by atoms with van der Waals surface area (Å²) in [7, 11) is 0. The van der Waals surface area contributed by atoms with E-state index in [9.17, 15) is 4.79 Å². The van der Waals surface area contributed by atoms with Gasteiger partial charge in [-0.15, -0.1) is 0 Å². The maximum Gasteiger partial charge on any atom is 0.241 e. The summed E-state index contributed by atoms with van der Waals surface area (Å²) in [5, 5.41) is 6.42. The van der Waals surface area contributed by atoms with Crippen molar-refractivity contribution in [3.05, 3.63) is 29.3 Å². The molecule has 0 aliphatic heterocycles. The minimum Gasteiger partial charge on any atom is -0.324 e. The van der Waals surface area contributed by atoms with Crippen LogP contribution < -0.4 is 10.6 Å². The molecule has 0 aromatic heterocycles. The monoisotopic (exact) mass is 260 g/mol. The molecule has 1 aromatic rings. The molecule has 2 N–H and O–H groups in total. The summed E-state index contributed by atoms with van der Waals surface area (Å²) in [5.41, 5.74) is 3.30. The molecular formula is C16H24N2O. The number of hydrogen-bond donors (Lipinski definition) is 2. The molecule has 1 unspecified atom stereocenters. The van der Waals surface area contributed by atoms with Crippen LogP contribution in [0.2, 0.25) is 0 Å². The van der Waals surface area contributed by atoms with E-state index in [-0.39, 0.29) is 11.9 Å². The van der Waals surface area contributed by atoms with E-state index in [1.165, 1.54) is 18.4 Å². The zero-order chi connectivity index (χ0) is 14.0. The van der Waals surface area contributed by atoms with Crippen molar-refractivity contribution in [3.63, 3.8) is 0 Å². The Labute approximate surface area is 115 Å². The second-order valence-electron chi connectivity index (χ2n) is 5.85. The molecule has 1 atom stereocenters. The molecular weight excluding hydrogens is 236 g/mol. The Morgan fingerprint density at radius 3 is 2.53 bits per heavy atom. The van der Waals surface area contributed by atoms with E-state index in [1.54, 1.807) is 0 Å². The molecule has 1 aliphatic carbocycles. The van der Waals surface area contributed by atoms with Crippen molar-refractivity contribution in [2.24, 2.45) is 0 Å². The number of aryl methyl sites for hydroxylation is 1. The van der Waals surface area contributed by atoms with E-state index in [1.807, 2.05) is 26.0 Å². The average Bonchev–Trinajstić information content (AvgIpc) is 3.15. The maximum absolute atomic E-state index is 12.2. The topological polar surface area (TPSA) is 41.1 Å². The molecule has 1 aliphatic rings. The normalized spacial score (nSPS) is 16.5. The van der Waals surface area contributed by atoms with Crippen LogP contribution in [-0.4, -0.2) is 18.0 Å². The van der Waals surface area contributed by atoms with Crippen molar-refractivity contribution in [1.29, 1.82) is 0 Å². The van der Waals surface area contributed by atoms with Gasteiger partial charge in [-0.1, -0.05) is 32.0 Å². The first kappa shape index (κ1) is 14.1. The highest BCUT2D eigenvalue weighted by Crippen LogP contribution is 2.27. The minimum absolute atomic E-state index is 0.0584. The quantitative estimate of drug-likeness (QED) is 0.853. The number of amides is 1. The van der Waals surface area contributed by atoms with E-state index in [4.69, 9.17) is 0 Å². The SMILES string of the molecule is Cc1cccc(C(C)C)c1NC(=O)C(C)NC1CC1. The van der Waals surface area contributed by atoms with Gasteiger partial charge in [-0.3, -0.25) is 4.79 Å². The van der Waals surface area contributed by atoms with Crippen molar-refractivity contribution < 1.29 is 4.79 Å². The van der Waals surface area contributed by atoms with Gasteiger partial charge in [-0.05, 0) is 43.7 Å². The number of rotatable bonds is 5. The Morgan fingerprint density at radius 2 is 1.95 bits per heavy atom. The summed E-state index contributed by atoms with van der Waals surface area (Å²) >= 11 is 0. The van der Waals surface area contributed by atoms with Crippen LogP contribution in [-0.2, 0) is 4.79 Å². The molecule has 19 heavy (non-hydrogen) atoms. The van der Waals surface area contributed by atoms with Gasteiger partial charge >= 0.3 is 0 Å². The number of benzene rings is 1. The van der Waals surface area contributed by atoms with Crippen molar-refractivity contribution in [2.75, 3.05) is 5.32 Å². The average molecular weight is 260 g/mol.